The molecule has 0 aliphatic heterocycles. The average Bonchev–Trinajstić information content (AvgIpc) is 3.10. The fraction of sp³-hybridized carbons (Fsp3) is 0.611. The van der Waals surface area contributed by atoms with Crippen LogP contribution in [0.2, 0.25) is 0 Å². The highest BCUT2D eigenvalue weighted by molar-refractivity contribution is 5.97. The smallest absolute Gasteiger partial charge is 0.269 e. The number of carbonyl (C=O) groups is 1. The quantitative estimate of drug-likeness (QED) is 0.284. The zero-order valence-corrected chi connectivity index (χ0v) is 15.2. The van der Waals surface area contributed by atoms with Crippen molar-refractivity contribution in [2.75, 3.05) is 6.61 Å². The maximum Gasteiger partial charge on any atom is 0.269 e. The number of unbranched alkanes of at least 4 members (excludes halogenated alkanes) is 3. The molecule has 0 radical (unpaired) electrons. The number of rotatable bonds is 8. The molecule has 0 heterocycles. The van der Waals surface area contributed by atoms with Crippen LogP contribution in [0.4, 0.5) is 0 Å². The Hall–Kier alpha value is -1.46. The average molecular weight is 357 g/mol. The normalized spacial score (nSPS) is 14.2. The number of amides is 1. The first-order valence-electron chi connectivity index (χ1n) is 8.68. The van der Waals surface area contributed by atoms with Gasteiger partial charge in [-0.3, -0.25) is 10.2 Å². The van der Waals surface area contributed by atoms with Crippen molar-refractivity contribution in [1.82, 2.24) is 5.43 Å². The van der Waals surface area contributed by atoms with Crippen LogP contribution in [0.3, 0.4) is 0 Å². The Bertz CT molecular complexity index is 531. The van der Waals surface area contributed by atoms with Gasteiger partial charge in [-0.1, -0.05) is 39.0 Å². The molecule has 0 bridgehead atoms. The summed E-state index contributed by atoms with van der Waals surface area (Å²) in [5.74, 6) is 5.45. The molecule has 5 nitrogen and oxygen atoms in total. The molecule has 0 aromatic heterocycles. The van der Waals surface area contributed by atoms with Crippen LogP contribution in [0.1, 0.15) is 80.1 Å². The van der Waals surface area contributed by atoms with Gasteiger partial charge in [0, 0.05) is 0 Å². The first-order valence-corrected chi connectivity index (χ1v) is 8.68. The summed E-state index contributed by atoms with van der Waals surface area (Å²) in [5.41, 5.74) is 3.35. The summed E-state index contributed by atoms with van der Waals surface area (Å²) >= 11 is 0. The number of hydrogen-bond donors (Lipinski definition) is 3. The maximum absolute atomic E-state index is 11.9. The zero-order valence-electron chi connectivity index (χ0n) is 14.3. The first-order chi connectivity index (χ1) is 11.2. The van der Waals surface area contributed by atoms with Crippen LogP contribution < -0.4 is 16.0 Å². The minimum Gasteiger partial charge on any atom is -0.504 e. The number of hydrogen-bond acceptors (Lipinski definition) is 4. The summed E-state index contributed by atoms with van der Waals surface area (Å²) in [5, 5.41) is 10.3. The Morgan fingerprint density at radius 1 is 1.29 bits per heavy atom. The molecule has 24 heavy (non-hydrogen) atoms. The van der Waals surface area contributed by atoms with Crippen molar-refractivity contribution in [2.45, 2.75) is 64.2 Å². The molecular weight excluding hydrogens is 328 g/mol. The summed E-state index contributed by atoms with van der Waals surface area (Å²) < 4.78 is 5.75. The molecule has 1 aliphatic carbocycles. The van der Waals surface area contributed by atoms with Crippen LogP contribution in [0, 0.1) is 0 Å². The molecule has 0 saturated heterocycles. The van der Waals surface area contributed by atoms with Crippen LogP contribution >= 0.6 is 12.4 Å². The molecule has 136 valence electrons. The van der Waals surface area contributed by atoms with E-state index in [4.69, 9.17) is 10.6 Å². The van der Waals surface area contributed by atoms with Gasteiger partial charge in [-0.05, 0) is 42.9 Å². The predicted molar refractivity (Wildman–Crippen MR) is 97.9 cm³/mol. The molecular formula is C18H29ClN2O3. The highest BCUT2D eigenvalue weighted by atomic mass is 35.5. The Kier molecular flexibility index (Phi) is 8.93. The van der Waals surface area contributed by atoms with Gasteiger partial charge in [0.05, 0.1) is 12.2 Å². The molecule has 0 atom stereocenters. The molecule has 0 unspecified atom stereocenters. The number of nitrogens with two attached hydrogens (primary N) is 1. The Balaban J connectivity index is 0.00000288. The second-order valence-electron chi connectivity index (χ2n) is 6.28. The van der Waals surface area contributed by atoms with Crippen molar-refractivity contribution in [3.8, 4) is 11.5 Å². The van der Waals surface area contributed by atoms with Crippen molar-refractivity contribution in [3.63, 3.8) is 0 Å². The molecule has 1 aliphatic rings. The van der Waals surface area contributed by atoms with Crippen LogP contribution in [-0.4, -0.2) is 17.6 Å². The molecule has 2 rings (SSSR count). The molecule has 1 aromatic carbocycles. The topological polar surface area (TPSA) is 84.6 Å². The van der Waals surface area contributed by atoms with E-state index in [1.165, 1.54) is 25.7 Å². The summed E-state index contributed by atoms with van der Waals surface area (Å²) in [6, 6.07) is 3.63. The second kappa shape index (κ2) is 10.4. The summed E-state index contributed by atoms with van der Waals surface area (Å²) in [6.45, 7) is 2.71. The number of nitrogens with one attached hydrogen (secondary N) is 1. The van der Waals surface area contributed by atoms with Gasteiger partial charge in [0.25, 0.3) is 5.91 Å². The van der Waals surface area contributed by atoms with Crippen LogP contribution in [0.15, 0.2) is 12.1 Å². The minimum absolute atomic E-state index is 0. The number of phenolic OH excluding ortho intramolecular Hbond substituents is 1. The maximum atomic E-state index is 11.9. The number of phenols is 1. The van der Waals surface area contributed by atoms with Crippen molar-refractivity contribution in [3.05, 3.63) is 23.3 Å². The molecule has 1 saturated carbocycles. The summed E-state index contributed by atoms with van der Waals surface area (Å²) in [6.07, 6.45) is 9.04. The third kappa shape index (κ3) is 5.28. The predicted octanol–water partition coefficient (Wildman–Crippen LogP) is 4.03. The number of benzene rings is 1. The van der Waals surface area contributed by atoms with Crippen LogP contribution in [-0.2, 0) is 0 Å². The number of halogens is 1. The van der Waals surface area contributed by atoms with Gasteiger partial charge in [-0.25, -0.2) is 5.84 Å². The van der Waals surface area contributed by atoms with E-state index in [0.29, 0.717) is 18.3 Å². The van der Waals surface area contributed by atoms with Crippen molar-refractivity contribution in [1.29, 1.82) is 0 Å². The fourth-order valence-electron chi connectivity index (χ4n) is 3.20. The van der Waals surface area contributed by atoms with Gasteiger partial charge < -0.3 is 9.84 Å². The third-order valence-corrected chi connectivity index (χ3v) is 4.56. The van der Waals surface area contributed by atoms with Crippen LogP contribution in [0.25, 0.3) is 0 Å². The van der Waals surface area contributed by atoms with Crippen molar-refractivity contribution >= 4 is 18.3 Å². The Labute approximate surface area is 150 Å². The SMILES string of the molecule is CCCCCCOc1cc(C2CCCC2)cc(C(=O)NN)c1O.Cl. The molecule has 6 heteroatoms. The van der Waals surface area contributed by atoms with Gasteiger partial charge in [-0.2, -0.15) is 0 Å². The fourth-order valence-corrected chi connectivity index (χ4v) is 3.20. The van der Waals surface area contributed by atoms with E-state index in [0.717, 1.165) is 31.2 Å². The lowest BCUT2D eigenvalue weighted by Crippen LogP contribution is -2.30. The second-order valence-corrected chi connectivity index (χ2v) is 6.28. The first kappa shape index (κ1) is 20.6. The molecule has 1 amide bonds. The third-order valence-electron chi connectivity index (χ3n) is 4.56. The number of hydrazine groups is 1. The number of aromatic hydroxyl groups is 1. The molecule has 1 aromatic rings. The van der Waals surface area contributed by atoms with E-state index < -0.39 is 5.91 Å². The molecule has 1 fully saturated rings. The lowest BCUT2D eigenvalue weighted by molar-refractivity contribution is 0.0950. The van der Waals surface area contributed by atoms with Crippen molar-refractivity contribution in [2.24, 2.45) is 5.84 Å². The van der Waals surface area contributed by atoms with E-state index >= 15 is 0 Å². The highest BCUT2D eigenvalue weighted by Gasteiger charge is 2.23. The standard InChI is InChI=1S/C18H28N2O3.ClH/c1-2-3-4-7-10-23-16-12-14(13-8-5-6-9-13)11-15(17(16)21)18(22)20-19;/h11-13,21H,2-10,19H2,1H3,(H,20,22);1H. The Morgan fingerprint density at radius 3 is 2.62 bits per heavy atom. The molecule has 4 N–H and O–H groups in total. The van der Waals surface area contributed by atoms with E-state index in [9.17, 15) is 9.90 Å². The van der Waals surface area contributed by atoms with E-state index in [1.807, 2.05) is 6.07 Å². The number of ether oxygens (including phenoxy) is 1. The largest absolute Gasteiger partial charge is 0.504 e. The van der Waals surface area contributed by atoms with E-state index in [2.05, 4.69) is 12.3 Å². The Morgan fingerprint density at radius 2 is 2.00 bits per heavy atom. The van der Waals surface area contributed by atoms with E-state index in [-0.39, 0.29) is 23.7 Å². The number of carbonyl (C=O) groups excluding carboxylic acids is 1. The van der Waals surface area contributed by atoms with Crippen molar-refractivity contribution < 1.29 is 14.6 Å². The zero-order chi connectivity index (χ0) is 16.7. The highest BCUT2D eigenvalue weighted by Crippen LogP contribution is 2.40. The molecule has 0 spiro atoms. The van der Waals surface area contributed by atoms with Gasteiger partial charge in [-0.15, -0.1) is 12.4 Å². The van der Waals surface area contributed by atoms with Gasteiger partial charge in [0.15, 0.2) is 11.5 Å². The van der Waals surface area contributed by atoms with Crippen LogP contribution in [0.5, 0.6) is 11.5 Å². The number of nitrogen functional groups attached to an aromatic ring is 1. The lowest BCUT2D eigenvalue weighted by Gasteiger charge is -2.16. The lowest BCUT2D eigenvalue weighted by atomic mass is 9.95. The monoisotopic (exact) mass is 356 g/mol. The summed E-state index contributed by atoms with van der Waals surface area (Å²) in [4.78, 5) is 11.9. The minimum atomic E-state index is -0.488. The summed E-state index contributed by atoms with van der Waals surface area (Å²) in [7, 11) is 0. The van der Waals surface area contributed by atoms with Gasteiger partial charge >= 0.3 is 0 Å². The van der Waals surface area contributed by atoms with Gasteiger partial charge in [0.1, 0.15) is 0 Å². The van der Waals surface area contributed by atoms with Gasteiger partial charge in [0.2, 0.25) is 0 Å². The van der Waals surface area contributed by atoms with E-state index in [1.54, 1.807) is 6.07 Å².